The zero-order valence-electron chi connectivity index (χ0n) is 7.20. The van der Waals surface area contributed by atoms with Crippen molar-refractivity contribution in [2.45, 2.75) is 13.8 Å². The van der Waals surface area contributed by atoms with Crippen LogP contribution >= 0.6 is 0 Å². The van der Waals surface area contributed by atoms with Crippen LogP contribution in [0.2, 0.25) is 0 Å². The van der Waals surface area contributed by atoms with E-state index >= 15 is 0 Å². The lowest BCUT2D eigenvalue weighted by Gasteiger charge is -1.99. The quantitative estimate of drug-likeness (QED) is 0.347. The minimum Gasteiger partial charge on any atom is -0.463 e. The number of esters is 1. The predicted molar refractivity (Wildman–Crippen MR) is 42.4 cm³/mol. The van der Waals surface area contributed by atoms with Crippen LogP contribution in [0.1, 0.15) is 13.8 Å². The molecule has 0 atom stereocenters. The average molecular weight is 172 g/mol. The summed E-state index contributed by atoms with van der Waals surface area (Å²) in [4.78, 5) is 20.1. The van der Waals surface area contributed by atoms with Crippen LogP contribution in [0.3, 0.4) is 0 Å². The molecule has 0 fully saturated rings. The van der Waals surface area contributed by atoms with Crippen LogP contribution in [-0.4, -0.2) is 25.7 Å². The number of ether oxygens (including phenoxy) is 2. The molecule has 0 aliphatic rings. The largest absolute Gasteiger partial charge is 0.463 e. The highest BCUT2D eigenvalue weighted by Gasteiger charge is 1.91. The fourth-order valence-corrected chi connectivity index (χ4v) is 0.526. The Morgan fingerprint density at radius 3 is 2.58 bits per heavy atom. The molecule has 0 spiro atoms. The molecule has 0 unspecified atom stereocenters. The summed E-state index contributed by atoms with van der Waals surface area (Å²) >= 11 is 0. The summed E-state index contributed by atoms with van der Waals surface area (Å²) in [5, 5.41) is 0. The molecule has 0 saturated carbocycles. The Hall–Kier alpha value is -1.32. The molecule has 0 aromatic heterocycles. The molecule has 0 aliphatic carbocycles. The van der Waals surface area contributed by atoms with E-state index in [0.717, 1.165) is 5.57 Å². The maximum absolute atomic E-state index is 10.3. The fraction of sp³-hybridized carbons (Fsp3) is 0.500. The van der Waals surface area contributed by atoms with Gasteiger partial charge in [0.25, 0.3) is 6.47 Å². The van der Waals surface area contributed by atoms with Gasteiger partial charge in [0.1, 0.15) is 13.2 Å². The summed E-state index contributed by atoms with van der Waals surface area (Å²) in [7, 11) is 0. The molecule has 0 bridgehead atoms. The molecule has 0 aliphatic heterocycles. The van der Waals surface area contributed by atoms with Gasteiger partial charge in [-0.25, -0.2) is 0 Å². The highest BCUT2D eigenvalue weighted by molar-refractivity contribution is 5.66. The zero-order valence-corrected chi connectivity index (χ0v) is 7.20. The highest BCUT2D eigenvalue weighted by atomic mass is 16.5. The SMILES string of the molecule is CC(=O)OC/C=C(\C)COC=O. The summed E-state index contributed by atoms with van der Waals surface area (Å²) in [5.41, 5.74) is 0.850. The lowest BCUT2D eigenvalue weighted by atomic mass is 10.3. The van der Waals surface area contributed by atoms with Crippen molar-refractivity contribution < 1.29 is 19.1 Å². The lowest BCUT2D eigenvalue weighted by molar-refractivity contribution is -0.139. The molecular formula is C8H12O4. The predicted octanol–water partition coefficient (Wildman–Crippen LogP) is 0.669. The van der Waals surface area contributed by atoms with Gasteiger partial charge in [-0.2, -0.15) is 0 Å². The average Bonchev–Trinajstić information content (AvgIpc) is 2.00. The lowest BCUT2D eigenvalue weighted by Crippen LogP contribution is -2.00. The molecule has 0 saturated heterocycles. The number of rotatable bonds is 5. The Kier molecular flexibility index (Phi) is 5.69. The molecule has 4 heteroatoms. The van der Waals surface area contributed by atoms with E-state index in [1.54, 1.807) is 13.0 Å². The molecule has 0 N–H and O–H groups in total. The number of carbonyl (C=O) groups is 2. The van der Waals surface area contributed by atoms with Crippen LogP contribution < -0.4 is 0 Å². The van der Waals surface area contributed by atoms with Gasteiger partial charge in [0.2, 0.25) is 0 Å². The zero-order chi connectivity index (χ0) is 9.40. The number of carbonyl (C=O) groups excluding carboxylic acids is 2. The summed E-state index contributed by atoms with van der Waals surface area (Å²) in [5.74, 6) is -0.324. The van der Waals surface area contributed by atoms with Crippen molar-refractivity contribution in [3.05, 3.63) is 11.6 Å². The molecule has 0 aromatic carbocycles. The van der Waals surface area contributed by atoms with Gasteiger partial charge in [-0.3, -0.25) is 9.59 Å². The topological polar surface area (TPSA) is 52.6 Å². The third-order valence-corrected chi connectivity index (χ3v) is 1.10. The summed E-state index contributed by atoms with van der Waals surface area (Å²) in [6.07, 6.45) is 1.69. The van der Waals surface area contributed by atoms with E-state index in [9.17, 15) is 9.59 Å². The van der Waals surface area contributed by atoms with Crippen molar-refractivity contribution in [1.29, 1.82) is 0 Å². The Balaban J connectivity index is 3.53. The Labute approximate surface area is 71.2 Å². The van der Waals surface area contributed by atoms with E-state index in [-0.39, 0.29) is 19.2 Å². The van der Waals surface area contributed by atoms with Crippen LogP contribution in [-0.2, 0) is 19.1 Å². The standard InChI is InChI=1S/C8H12O4/c1-7(5-11-6-9)3-4-12-8(2)10/h3,6H,4-5H2,1-2H3/b7-3+. The summed E-state index contributed by atoms with van der Waals surface area (Å²) in [6, 6.07) is 0. The highest BCUT2D eigenvalue weighted by Crippen LogP contribution is 1.92. The molecule has 4 nitrogen and oxygen atoms in total. The van der Waals surface area contributed by atoms with Gasteiger partial charge < -0.3 is 9.47 Å². The van der Waals surface area contributed by atoms with Crippen LogP contribution in [0.4, 0.5) is 0 Å². The van der Waals surface area contributed by atoms with Crippen molar-refractivity contribution >= 4 is 12.4 Å². The Morgan fingerprint density at radius 2 is 2.08 bits per heavy atom. The molecule has 68 valence electrons. The van der Waals surface area contributed by atoms with Crippen LogP contribution in [0, 0.1) is 0 Å². The van der Waals surface area contributed by atoms with Crippen molar-refractivity contribution in [3.8, 4) is 0 Å². The Bertz CT molecular complexity index is 183. The minimum atomic E-state index is -0.324. The minimum absolute atomic E-state index is 0.226. The van der Waals surface area contributed by atoms with Crippen molar-refractivity contribution in [2.75, 3.05) is 13.2 Å². The third kappa shape index (κ3) is 6.80. The number of hydrogen-bond acceptors (Lipinski definition) is 4. The fourth-order valence-electron chi connectivity index (χ4n) is 0.526. The van der Waals surface area contributed by atoms with Crippen molar-refractivity contribution in [3.63, 3.8) is 0 Å². The maximum Gasteiger partial charge on any atom is 0.302 e. The van der Waals surface area contributed by atoms with E-state index in [4.69, 9.17) is 0 Å². The van der Waals surface area contributed by atoms with Gasteiger partial charge >= 0.3 is 5.97 Å². The molecular weight excluding hydrogens is 160 g/mol. The van der Waals surface area contributed by atoms with Gasteiger partial charge in [0.05, 0.1) is 0 Å². The number of hydrogen-bond donors (Lipinski definition) is 0. The third-order valence-electron chi connectivity index (χ3n) is 1.10. The molecule has 12 heavy (non-hydrogen) atoms. The van der Waals surface area contributed by atoms with Crippen LogP contribution in [0.15, 0.2) is 11.6 Å². The van der Waals surface area contributed by atoms with Crippen LogP contribution in [0.25, 0.3) is 0 Å². The monoisotopic (exact) mass is 172 g/mol. The maximum atomic E-state index is 10.3. The molecule has 0 aromatic rings. The second-order valence-electron chi connectivity index (χ2n) is 2.26. The van der Waals surface area contributed by atoms with Gasteiger partial charge in [0, 0.05) is 6.92 Å². The van der Waals surface area contributed by atoms with E-state index < -0.39 is 0 Å². The smallest absolute Gasteiger partial charge is 0.302 e. The van der Waals surface area contributed by atoms with Gasteiger partial charge in [-0.05, 0) is 18.6 Å². The normalized spacial score (nSPS) is 10.7. The first kappa shape index (κ1) is 10.7. The molecule has 0 amide bonds. The van der Waals surface area contributed by atoms with Gasteiger partial charge in [0.15, 0.2) is 0 Å². The first-order valence-electron chi connectivity index (χ1n) is 3.51. The van der Waals surface area contributed by atoms with E-state index in [1.165, 1.54) is 6.92 Å². The van der Waals surface area contributed by atoms with Crippen molar-refractivity contribution in [1.82, 2.24) is 0 Å². The van der Waals surface area contributed by atoms with Crippen molar-refractivity contribution in [2.24, 2.45) is 0 Å². The van der Waals surface area contributed by atoms with Gasteiger partial charge in [-0.1, -0.05) is 0 Å². The van der Waals surface area contributed by atoms with Crippen LogP contribution in [0.5, 0.6) is 0 Å². The second kappa shape index (κ2) is 6.39. The summed E-state index contributed by atoms with van der Waals surface area (Å²) in [6.45, 7) is 3.97. The van der Waals surface area contributed by atoms with E-state index in [2.05, 4.69) is 9.47 Å². The Morgan fingerprint density at radius 1 is 1.42 bits per heavy atom. The van der Waals surface area contributed by atoms with Gasteiger partial charge in [-0.15, -0.1) is 0 Å². The summed E-state index contributed by atoms with van der Waals surface area (Å²) < 4.78 is 9.10. The molecule has 0 radical (unpaired) electrons. The first-order chi connectivity index (χ1) is 5.66. The van der Waals surface area contributed by atoms with E-state index in [0.29, 0.717) is 6.47 Å². The first-order valence-corrected chi connectivity index (χ1v) is 3.51. The second-order valence-corrected chi connectivity index (χ2v) is 2.26. The molecule has 0 heterocycles. The van der Waals surface area contributed by atoms with E-state index in [1.807, 2.05) is 0 Å². The molecule has 0 rings (SSSR count).